The van der Waals surface area contributed by atoms with Crippen LogP contribution in [0.15, 0.2) is 54.7 Å². The molecule has 8 heteroatoms. The van der Waals surface area contributed by atoms with Crippen LogP contribution in [0.4, 0.5) is 0 Å². The van der Waals surface area contributed by atoms with Crippen LogP contribution in [0, 0.1) is 0 Å². The normalized spacial score (nSPS) is 19.0. The Morgan fingerprint density at radius 3 is 2.73 bits per heavy atom. The number of benzene rings is 1. The van der Waals surface area contributed by atoms with Crippen molar-refractivity contribution < 1.29 is 8.42 Å². The molecular weight excluding hydrogens is 350 g/mol. The molecule has 1 N–H and O–H groups in total. The van der Waals surface area contributed by atoms with Crippen molar-refractivity contribution in [1.82, 2.24) is 23.6 Å². The molecule has 0 spiro atoms. The van der Waals surface area contributed by atoms with Crippen molar-refractivity contribution in [1.29, 1.82) is 0 Å². The van der Waals surface area contributed by atoms with E-state index in [0.717, 1.165) is 29.9 Å². The fraction of sp³-hybridized carbons (Fsp3) is 0.333. The molecule has 1 atom stereocenters. The minimum atomic E-state index is -3.53. The number of nitrogens with zero attached hydrogens (tertiary/aromatic N) is 4. The summed E-state index contributed by atoms with van der Waals surface area (Å²) in [5.74, 6) is 0.859. The number of pyridine rings is 1. The zero-order valence-corrected chi connectivity index (χ0v) is 15.1. The summed E-state index contributed by atoms with van der Waals surface area (Å²) in [7, 11) is -3.53. The molecule has 1 aliphatic rings. The van der Waals surface area contributed by atoms with Crippen molar-refractivity contribution in [2.24, 2.45) is 0 Å². The minimum Gasteiger partial charge on any atom is -0.286 e. The van der Waals surface area contributed by atoms with Crippen LogP contribution in [-0.2, 0) is 16.8 Å². The fourth-order valence-corrected chi connectivity index (χ4v) is 4.65. The van der Waals surface area contributed by atoms with Gasteiger partial charge in [0.25, 0.3) is 10.2 Å². The number of rotatable bonds is 5. The van der Waals surface area contributed by atoms with Gasteiger partial charge in [-0.1, -0.05) is 36.4 Å². The van der Waals surface area contributed by atoms with E-state index in [4.69, 9.17) is 0 Å². The van der Waals surface area contributed by atoms with Crippen LogP contribution in [0.2, 0.25) is 0 Å². The molecule has 1 aliphatic heterocycles. The highest BCUT2D eigenvalue weighted by molar-refractivity contribution is 7.87. The maximum atomic E-state index is 12.7. The number of hydrogen-bond donors (Lipinski definition) is 1. The van der Waals surface area contributed by atoms with Gasteiger partial charge in [-0.25, -0.2) is 0 Å². The zero-order chi connectivity index (χ0) is 18.0. The summed E-state index contributed by atoms with van der Waals surface area (Å²) in [6.07, 6.45) is 3.63. The van der Waals surface area contributed by atoms with E-state index in [1.54, 1.807) is 0 Å². The summed E-state index contributed by atoms with van der Waals surface area (Å²) in [5.41, 5.74) is 1.72. The first-order valence-corrected chi connectivity index (χ1v) is 10.2. The third kappa shape index (κ3) is 3.48. The molecule has 1 fully saturated rings. The van der Waals surface area contributed by atoms with Crippen LogP contribution in [0.25, 0.3) is 5.65 Å². The maximum absolute atomic E-state index is 12.7. The number of nitrogens with one attached hydrogen (secondary N) is 1. The molecule has 7 nitrogen and oxygen atoms in total. The minimum absolute atomic E-state index is 0.0365. The average molecular weight is 371 g/mol. The van der Waals surface area contributed by atoms with Gasteiger partial charge in [-0.3, -0.25) is 4.40 Å². The summed E-state index contributed by atoms with van der Waals surface area (Å²) in [6, 6.07) is 15.3. The SMILES string of the molecule is O=S(=O)(NCc1ccccc1)N1CCCC(c2nnc3ccccn23)C1. The zero-order valence-electron chi connectivity index (χ0n) is 14.3. The van der Waals surface area contributed by atoms with Crippen molar-refractivity contribution >= 4 is 15.9 Å². The molecule has 1 unspecified atom stereocenters. The van der Waals surface area contributed by atoms with Crippen LogP contribution in [0.5, 0.6) is 0 Å². The van der Waals surface area contributed by atoms with Crippen molar-refractivity contribution in [2.75, 3.05) is 13.1 Å². The lowest BCUT2D eigenvalue weighted by Crippen LogP contribution is -2.45. The number of fused-ring (bicyclic) bond motifs is 1. The summed E-state index contributed by atoms with van der Waals surface area (Å²) in [6.45, 7) is 1.23. The quantitative estimate of drug-likeness (QED) is 0.743. The molecule has 1 saturated heterocycles. The van der Waals surface area contributed by atoms with Crippen molar-refractivity contribution in [3.05, 3.63) is 66.1 Å². The molecule has 0 radical (unpaired) electrons. The van der Waals surface area contributed by atoms with E-state index in [1.807, 2.05) is 59.1 Å². The lowest BCUT2D eigenvalue weighted by atomic mass is 9.99. The van der Waals surface area contributed by atoms with E-state index in [2.05, 4.69) is 14.9 Å². The Morgan fingerprint density at radius 1 is 1.08 bits per heavy atom. The Hall–Kier alpha value is -2.29. The Morgan fingerprint density at radius 2 is 1.88 bits per heavy atom. The van der Waals surface area contributed by atoms with Crippen LogP contribution < -0.4 is 4.72 Å². The molecule has 0 amide bonds. The molecule has 0 saturated carbocycles. The number of piperidine rings is 1. The van der Waals surface area contributed by atoms with Gasteiger partial charge in [0.2, 0.25) is 0 Å². The molecule has 0 bridgehead atoms. The van der Waals surface area contributed by atoms with Gasteiger partial charge in [0.15, 0.2) is 5.65 Å². The fourth-order valence-electron chi connectivity index (χ4n) is 3.37. The molecule has 26 heavy (non-hydrogen) atoms. The van der Waals surface area contributed by atoms with E-state index in [0.29, 0.717) is 13.1 Å². The predicted octanol–water partition coefficient (Wildman–Crippen LogP) is 1.94. The second kappa shape index (κ2) is 7.14. The molecule has 4 rings (SSSR count). The van der Waals surface area contributed by atoms with Crippen molar-refractivity contribution in [3.63, 3.8) is 0 Å². The standard InChI is InChI=1S/C18H21N5O2S/c24-26(25,19-13-15-7-2-1-3-8-15)22-11-6-9-16(14-22)18-21-20-17-10-4-5-12-23(17)18/h1-5,7-8,10,12,16,19H,6,9,11,13-14H2. The van der Waals surface area contributed by atoms with E-state index >= 15 is 0 Å². The average Bonchev–Trinajstić information content (AvgIpc) is 3.12. The molecular formula is C18H21N5O2S. The Labute approximate surface area is 152 Å². The van der Waals surface area contributed by atoms with Crippen LogP contribution >= 0.6 is 0 Å². The number of hydrogen-bond acceptors (Lipinski definition) is 4. The van der Waals surface area contributed by atoms with Gasteiger partial charge in [0.05, 0.1) is 0 Å². The lowest BCUT2D eigenvalue weighted by molar-refractivity contribution is 0.304. The molecule has 3 aromatic rings. The van der Waals surface area contributed by atoms with E-state index in [9.17, 15) is 8.42 Å². The molecule has 2 aromatic heterocycles. The third-order valence-electron chi connectivity index (χ3n) is 4.73. The van der Waals surface area contributed by atoms with Crippen LogP contribution in [0.3, 0.4) is 0 Å². The summed E-state index contributed by atoms with van der Waals surface area (Å²) < 4.78 is 31.6. The molecule has 1 aromatic carbocycles. The van der Waals surface area contributed by atoms with Crippen molar-refractivity contribution in [3.8, 4) is 0 Å². The van der Waals surface area contributed by atoms with E-state index in [-0.39, 0.29) is 12.5 Å². The molecule has 3 heterocycles. The third-order valence-corrected chi connectivity index (χ3v) is 6.25. The largest absolute Gasteiger partial charge is 0.286 e. The molecule has 136 valence electrons. The van der Waals surface area contributed by atoms with Gasteiger partial charge in [0.1, 0.15) is 5.82 Å². The predicted molar refractivity (Wildman–Crippen MR) is 98.7 cm³/mol. The van der Waals surface area contributed by atoms with Gasteiger partial charge in [-0.05, 0) is 30.5 Å². The first kappa shape index (κ1) is 17.1. The van der Waals surface area contributed by atoms with Gasteiger partial charge in [0, 0.05) is 31.7 Å². The topological polar surface area (TPSA) is 79.6 Å². The summed E-state index contributed by atoms with van der Waals surface area (Å²) in [5, 5.41) is 8.49. The van der Waals surface area contributed by atoms with E-state index in [1.165, 1.54) is 4.31 Å². The van der Waals surface area contributed by atoms with Crippen LogP contribution in [-0.4, -0.2) is 40.4 Å². The Kier molecular flexibility index (Phi) is 4.71. The van der Waals surface area contributed by atoms with Crippen LogP contribution in [0.1, 0.15) is 30.1 Å². The van der Waals surface area contributed by atoms with Gasteiger partial charge in [-0.15, -0.1) is 10.2 Å². The second-order valence-corrected chi connectivity index (χ2v) is 8.25. The Bertz CT molecular complexity index is 987. The van der Waals surface area contributed by atoms with Gasteiger partial charge < -0.3 is 0 Å². The first-order chi connectivity index (χ1) is 12.6. The molecule has 0 aliphatic carbocycles. The highest BCUT2D eigenvalue weighted by Crippen LogP contribution is 2.27. The highest BCUT2D eigenvalue weighted by atomic mass is 32.2. The first-order valence-electron chi connectivity index (χ1n) is 8.72. The van der Waals surface area contributed by atoms with Crippen molar-refractivity contribution in [2.45, 2.75) is 25.3 Å². The lowest BCUT2D eigenvalue weighted by Gasteiger charge is -2.31. The van der Waals surface area contributed by atoms with Gasteiger partial charge >= 0.3 is 0 Å². The van der Waals surface area contributed by atoms with Gasteiger partial charge in [-0.2, -0.15) is 17.4 Å². The maximum Gasteiger partial charge on any atom is 0.279 e. The smallest absolute Gasteiger partial charge is 0.279 e. The Balaban J connectivity index is 1.49. The number of aromatic nitrogens is 3. The van der Waals surface area contributed by atoms with E-state index < -0.39 is 10.2 Å². The monoisotopic (exact) mass is 371 g/mol. The summed E-state index contributed by atoms with van der Waals surface area (Å²) in [4.78, 5) is 0. The highest BCUT2D eigenvalue weighted by Gasteiger charge is 2.31. The second-order valence-electron chi connectivity index (χ2n) is 6.50. The summed E-state index contributed by atoms with van der Waals surface area (Å²) >= 11 is 0.